The highest BCUT2D eigenvalue weighted by Crippen LogP contribution is 2.52. The lowest BCUT2D eigenvalue weighted by molar-refractivity contribution is -0.136. The molecule has 9 heteroatoms. The number of likely N-dealkylation sites (N-methyl/N-ethyl adjacent to an activating group) is 1. The van der Waals surface area contributed by atoms with Crippen molar-refractivity contribution < 1.29 is 29.7 Å². The van der Waals surface area contributed by atoms with Crippen LogP contribution in [0, 0.1) is 24.7 Å². The van der Waals surface area contributed by atoms with Crippen molar-refractivity contribution >= 4 is 28.9 Å². The number of benzene rings is 1. The number of hydrogen-bond donors (Lipinski definition) is 4. The summed E-state index contributed by atoms with van der Waals surface area (Å²) in [4.78, 5) is 42.4. The third-order valence-corrected chi connectivity index (χ3v) is 7.21. The summed E-state index contributed by atoms with van der Waals surface area (Å²) in [6, 6.07) is 1.09. The van der Waals surface area contributed by atoms with Gasteiger partial charge in [0.2, 0.25) is 0 Å². The molecule has 5 N–H and O–H groups in total. The maximum Gasteiger partial charge on any atom is 0.255 e. The Morgan fingerprint density at radius 3 is 2.27 bits per heavy atom. The van der Waals surface area contributed by atoms with Crippen LogP contribution < -0.4 is 10.6 Å². The molecule has 3 aliphatic rings. The van der Waals surface area contributed by atoms with Crippen LogP contribution in [-0.2, 0) is 20.8 Å². The normalized spacial score (nSPS) is 26.8. The average molecular weight is 456 g/mol. The molecular formula is C24H29N3O6. The number of ketones is 2. The van der Waals surface area contributed by atoms with Crippen molar-refractivity contribution in [2.75, 3.05) is 33.1 Å². The number of aliphatic hydroxyl groups excluding tert-OH is 2. The van der Waals surface area contributed by atoms with Crippen molar-refractivity contribution in [3.05, 3.63) is 39.7 Å². The summed E-state index contributed by atoms with van der Waals surface area (Å²) in [5.74, 6) is -5.59. The molecule has 0 spiro atoms. The van der Waals surface area contributed by atoms with E-state index in [2.05, 4.69) is 0 Å². The molecule has 1 aromatic rings. The zero-order valence-corrected chi connectivity index (χ0v) is 19.3. The fraction of sp³-hybridized carbons (Fsp3) is 0.458. The van der Waals surface area contributed by atoms with Gasteiger partial charge in [0.1, 0.15) is 22.8 Å². The first-order valence-corrected chi connectivity index (χ1v) is 10.8. The highest BCUT2D eigenvalue weighted by molar-refractivity contribution is 6.28. The number of nitrogens with two attached hydrogens (primary N) is 1. The molecule has 176 valence electrons. The molecule has 1 aromatic carbocycles. The first-order valence-electron chi connectivity index (χ1n) is 10.8. The van der Waals surface area contributed by atoms with Gasteiger partial charge in [0.25, 0.3) is 5.91 Å². The molecular weight excluding hydrogens is 426 g/mol. The van der Waals surface area contributed by atoms with E-state index in [-0.39, 0.29) is 22.6 Å². The van der Waals surface area contributed by atoms with Gasteiger partial charge in [-0.3, -0.25) is 19.3 Å². The van der Waals surface area contributed by atoms with Crippen LogP contribution in [0.1, 0.15) is 23.1 Å². The molecule has 0 aliphatic heterocycles. The number of carbonyl (C=O) groups excluding carboxylic acids is 3. The number of hydrogen-bond acceptors (Lipinski definition) is 8. The Bertz CT molecular complexity index is 1160. The number of allylic oxidation sites excluding steroid dienone is 1. The number of carbonyl (C=O) groups is 3. The Morgan fingerprint density at radius 2 is 1.73 bits per heavy atom. The van der Waals surface area contributed by atoms with E-state index in [1.54, 1.807) is 25.9 Å². The van der Waals surface area contributed by atoms with Crippen molar-refractivity contribution in [3.8, 4) is 5.75 Å². The predicted molar refractivity (Wildman–Crippen MR) is 122 cm³/mol. The van der Waals surface area contributed by atoms with E-state index in [0.29, 0.717) is 18.4 Å². The van der Waals surface area contributed by atoms with Gasteiger partial charge in [-0.2, -0.15) is 0 Å². The Morgan fingerprint density at radius 1 is 1.09 bits per heavy atom. The molecule has 33 heavy (non-hydrogen) atoms. The van der Waals surface area contributed by atoms with Crippen molar-refractivity contribution in [2.45, 2.75) is 25.8 Å². The lowest BCUT2D eigenvalue weighted by Crippen LogP contribution is -2.55. The Kier molecular flexibility index (Phi) is 5.28. The van der Waals surface area contributed by atoms with Crippen LogP contribution in [0.2, 0.25) is 0 Å². The van der Waals surface area contributed by atoms with Gasteiger partial charge >= 0.3 is 0 Å². The van der Waals surface area contributed by atoms with Crippen LogP contribution in [0.25, 0.3) is 5.76 Å². The lowest BCUT2D eigenvalue weighted by atomic mass is 9.59. The van der Waals surface area contributed by atoms with E-state index in [1.807, 2.05) is 25.1 Å². The Hall–Kier alpha value is -3.33. The Labute approximate surface area is 191 Å². The highest BCUT2D eigenvalue weighted by atomic mass is 16.3. The van der Waals surface area contributed by atoms with E-state index in [4.69, 9.17) is 5.73 Å². The van der Waals surface area contributed by atoms with Gasteiger partial charge in [0, 0.05) is 25.4 Å². The second-order valence-corrected chi connectivity index (χ2v) is 9.61. The number of fused-ring (bicyclic) bond motifs is 3. The summed E-state index contributed by atoms with van der Waals surface area (Å²) in [5.41, 5.74) is 7.20. The minimum absolute atomic E-state index is 0.0884. The monoisotopic (exact) mass is 455 g/mol. The molecule has 1 amide bonds. The molecule has 0 aromatic heterocycles. The van der Waals surface area contributed by atoms with Gasteiger partial charge in [0.15, 0.2) is 11.6 Å². The van der Waals surface area contributed by atoms with Crippen LogP contribution in [0.3, 0.4) is 0 Å². The number of phenolic OH excluding ortho intramolecular Hbond substituents is 1. The van der Waals surface area contributed by atoms with E-state index in [0.717, 1.165) is 11.3 Å². The third kappa shape index (κ3) is 3.13. The molecule has 9 nitrogen and oxygen atoms in total. The minimum Gasteiger partial charge on any atom is -0.510 e. The summed E-state index contributed by atoms with van der Waals surface area (Å²) in [5, 5.41) is 32.7. The molecule has 4 unspecified atom stereocenters. The zero-order chi connectivity index (χ0) is 24.5. The number of rotatable bonds is 3. The number of aryl methyl sites for hydroxylation is 1. The van der Waals surface area contributed by atoms with Crippen LogP contribution >= 0.6 is 0 Å². The molecule has 0 bridgehead atoms. The smallest absolute Gasteiger partial charge is 0.255 e. The quantitative estimate of drug-likeness (QED) is 0.393. The minimum atomic E-state index is -1.24. The van der Waals surface area contributed by atoms with E-state index >= 15 is 0 Å². The average Bonchev–Trinajstić information content (AvgIpc) is 2.69. The predicted octanol–water partition coefficient (Wildman–Crippen LogP) is 1.22. The van der Waals surface area contributed by atoms with Crippen LogP contribution in [0.5, 0.6) is 5.75 Å². The van der Waals surface area contributed by atoms with Crippen LogP contribution in [-0.4, -0.2) is 71.9 Å². The summed E-state index contributed by atoms with van der Waals surface area (Å²) in [7, 11) is 7.11. The van der Waals surface area contributed by atoms with Crippen LogP contribution in [0.15, 0.2) is 23.0 Å². The van der Waals surface area contributed by atoms with Gasteiger partial charge in [-0.15, -0.1) is 0 Å². The number of primary amides is 1. The highest BCUT2D eigenvalue weighted by Gasteiger charge is 2.55. The summed E-state index contributed by atoms with van der Waals surface area (Å²) in [6.45, 7) is 1.71. The number of aliphatic hydroxyl groups is 2. The number of phenols is 1. The molecule has 0 saturated heterocycles. The number of nitrogens with zero attached hydrogens (tertiary/aromatic N) is 2. The fourth-order valence-electron chi connectivity index (χ4n) is 5.84. The van der Waals surface area contributed by atoms with Gasteiger partial charge in [-0.1, -0.05) is 0 Å². The van der Waals surface area contributed by atoms with Crippen molar-refractivity contribution in [2.24, 2.45) is 23.5 Å². The van der Waals surface area contributed by atoms with Gasteiger partial charge in [0.05, 0.1) is 17.5 Å². The first-order chi connectivity index (χ1) is 15.4. The van der Waals surface area contributed by atoms with Crippen LogP contribution in [0.4, 0.5) is 5.69 Å². The second kappa shape index (κ2) is 7.62. The SMILES string of the molecule is Cc1cc(N(C)C)c2c(c1O)C(O)=C1C(=O)C3C(=O)C(C(N)=O)=C(O)C(N(C)C)C3CC1C2. The Balaban J connectivity index is 1.93. The standard InChI is InChI=1S/C24H29N3O6/c1-9-6-13(26(2)3)11-7-10-8-12-16(21(30)14(10)20(29)15(11)19(9)28)22(31)17(24(25)33)23(32)18(12)27(4)5/h6,10,12,16,18,28-29,32H,7-8H2,1-5H3,(H2,25,33). The molecule has 1 saturated carbocycles. The van der Waals surface area contributed by atoms with Gasteiger partial charge in [-0.25, -0.2) is 0 Å². The summed E-state index contributed by atoms with van der Waals surface area (Å²) < 4.78 is 0. The molecule has 0 heterocycles. The molecule has 4 atom stereocenters. The van der Waals surface area contributed by atoms with Gasteiger partial charge in [-0.05, 0) is 62.9 Å². The molecule has 3 aliphatic carbocycles. The zero-order valence-electron chi connectivity index (χ0n) is 19.3. The fourth-order valence-corrected chi connectivity index (χ4v) is 5.84. The summed E-state index contributed by atoms with van der Waals surface area (Å²) in [6.07, 6.45) is 0.716. The maximum atomic E-state index is 13.7. The molecule has 1 fully saturated rings. The summed E-state index contributed by atoms with van der Waals surface area (Å²) >= 11 is 0. The second-order valence-electron chi connectivity index (χ2n) is 9.61. The molecule has 4 rings (SSSR count). The van der Waals surface area contributed by atoms with Gasteiger partial charge < -0.3 is 26.0 Å². The maximum absolute atomic E-state index is 13.7. The third-order valence-electron chi connectivity index (χ3n) is 7.21. The van der Waals surface area contributed by atoms with Crippen molar-refractivity contribution in [1.82, 2.24) is 4.90 Å². The number of aromatic hydroxyl groups is 1. The number of amides is 1. The van der Waals surface area contributed by atoms with E-state index in [1.165, 1.54) is 0 Å². The first kappa shape index (κ1) is 22.8. The van der Waals surface area contributed by atoms with Crippen molar-refractivity contribution in [1.29, 1.82) is 0 Å². The lowest BCUT2D eigenvalue weighted by Gasteiger charge is -2.46. The largest absolute Gasteiger partial charge is 0.510 e. The van der Waals surface area contributed by atoms with Crippen molar-refractivity contribution in [3.63, 3.8) is 0 Å². The topological polar surface area (TPSA) is 144 Å². The number of Topliss-reactive ketones (excluding diaryl/α,β-unsaturated/α-hetero) is 2. The number of anilines is 1. The van der Waals surface area contributed by atoms with E-state index < -0.39 is 52.6 Å². The van der Waals surface area contributed by atoms with E-state index in [9.17, 15) is 29.7 Å². The molecule has 0 radical (unpaired) electrons.